The van der Waals surface area contributed by atoms with Crippen molar-refractivity contribution in [3.8, 4) is 5.75 Å². The number of benzene rings is 1. The average Bonchev–Trinajstić information content (AvgIpc) is 2.18. The maximum atomic E-state index is 6.01. The largest absolute Gasteiger partial charge is 0.495 e. The SMILES string of the molecule is COc1cc2nc(C)cc(N)c2cc1Cl. The van der Waals surface area contributed by atoms with Crippen LogP contribution in [0.2, 0.25) is 5.02 Å². The highest BCUT2D eigenvalue weighted by atomic mass is 35.5. The van der Waals surface area contributed by atoms with Crippen molar-refractivity contribution >= 4 is 28.2 Å². The summed E-state index contributed by atoms with van der Waals surface area (Å²) in [5.74, 6) is 0.613. The second-order valence-corrected chi connectivity index (χ2v) is 3.76. The summed E-state index contributed by atoms with van der Waals surface area (Å²) in [5, 5.41) is 1.40. The third kappa shape index (κ3) is 1.70. The van der Waals surface area contributed by atoms with Gasteiger partial charge in [0.15, 0.2) is 0 Å². The van der Waals surface area contributed by atoms with Crippen molar-refractivity contribution < 1.29 is 4.74 Å². The number of aromatic nitrogens is 1. The molecule has 0 aliphatic heterocycles. The first-order chi connectivity index (χ1) is 7.11. The number of pyridine rings is 1. The summed E-state index contributed by atoms with van der Waals surface area (Å²) >= 11 is 6.01. The van der Waals surface area contributed by atoms with E-state index in [1.807, 2.05) is 13.0 Å². The molecule has 0 spiro atoms. The Morgan fingerprint density at radius 3 is 2.73 bits per heavy atom. The van der Waals surface area contributed by atoms with Crippen LogP contribution in [0.4, 0.5) is 5.69 Å². The summed E-state index contributed by atoms with van der Waals surface area (Å²) in [7, 11) is 1.58. The molecule has 0 unspecified atom stereocenters. The van der Waals surface area contributed by atoms with Crippen molar-refractivity contribution in [1.82, 2.24) is 4.98 Å². The topological polar surface area (TPSA) is 48.1 Å². The zero-order chi connectivity index (χ0) is 11.0. The third-order valence-corrected chi connectivity index (χ3v) is 2.54. The Labute approximate surface area is 92.8 Å². The van der Waals surface area contributed by atoms with Gasteiger partial charge in [0.2, 0.25) is 0 Å². The van der Waals surface area contributed by atoms with Crippen LogP contribution in [0, 0.1) is 6.92 Å². The van der Waals surface area contributed by atoms with E-state index < -0.39 is 0 Å². The average molecular weight is 223 g/mol. The number of hydrogen-bond donors (Lipinski definition) is 1. The van der Waals surface area contributed by atoms with Crippen LogP contribution >= 0.6 is 11.6 Å². The molecule has 3 nitrogen and oxygen atoms in total. The lowest BCUT2D eigenvalue weighted by Gasteiger charge is -2.07. The van der Waals surface area contributed by atoms with E-state index in [-0.39, 0.29) is 0 Å². The van der Waals surface area contributed by atoms with Gasteiger partial charge in [-0.2, -0.15) is 0 Å². The minimum atomic E-state index is 0.544. The summed E-state index contributed by atoms with van der Waals surface area (Å²) in [6, 6.07) is 5.39. The number of fused-ring (bicyclic) bond motifs is 1. The van der Waals surface area contributed by atoms with E-state index in [1.165, 1.54) is 0 Å². The summed E-state index contributed by atoms with van der Waals surface area (Å²) in [6.07, 6.45) is 0. The fraction of sp³-hybridized carbons (Fsp3) is 0.182. The monoisotopic (exact) mass is 222 g/mol. The molecule has 1 aromatic heterocycles. The zero-order valence-corrected chi connectivity index (χ0v) is 9.30. The molecule has 15 heavy (non-hydrogen) atoms. The Bertz CT molecular complexity index is 525. The number of nitrogens with zero attached hydrogens (tertiary/aromatic N) is 1. The van der Waals surface area contributed by atoms with Crippen LogP contribution in [0.3, 0.4) is 0 Å². The van der Waals surface area contributed by atoms with Crippen molar-refractivity contribution in [2.75, 3.05) is 12.8 Å². The molecule has 0 bridgehead atoms. The minimum absolute atomic E-state index is 0.544. The van der Waals surface area contributed by atoms with Crippen LogP contribution in [0.1, 0.15) is 5.69 Å². The first kappa shape index (κ1) is 10.1. The Morgan fingerprint density at radius 1 is 1.33 bits per heavy atom. The molecule has 2 N–H and O–H groups in total. The van der Waals surface area contributed by atoms with Crippen molar-refractivity contribution in [1.29, 1.82) is 0 Å². The van der Waals surface area contributed by atoms with Gasteiger partial charge in [-0.3, -0.25) is 4.98 Å². The van der Waals surface area contributed by atoms with Crippen molar-refractivity contribution in [3.05, 3.63) is 28.9 Å². The Hall–Kier alpha value is -1.48. The fourth-order valence-corrected chi connectivity index (χ4v) is 1.79. The molecule has 0 radical (unpaired) electrons. The van der Waals surface area contributed by atoms with E-state index in [9.17, 15) is 0 Å². The number of hydrogen-bond acceptors (Lipinski definition) is 3. The van der Waals surface area contributed by atoms with Gasteiger partial charge in [0.25, 0.3) is 0 Å². The van der Waals surface area contributed by atoms with Gasteiger partial charge in [-0.1, -0.05) is 11.6 Å². The summed E-state index contributed by atoms with van der Waals surface area (Å²) in [4.78, 5) is 4.37. The predicted molar refractivity (Wildman–Crippen MR) is 62.5 cm³/mol. The molecule has 2 rings (SSSR count). The molecule has 0 atom stereocenters. The van der Waals surface area contributed by atoms with Crippen LogP contribution in [-0.2, 0) is 0 Å². The Kier molecular flexibility index (Phi) is 2.40. The number of ether oxygens (including phenoxy) is 1. The van der Waals surface area contributed by atoms with Gasteiger partial charge < -0.3 is 10.5 Å². The normalized spacial score (nSPS) is 10.6. The van der Waals surface area contributed by atoms with Crippen LogP contribution < -0.4 is 10.5 Å². The second kappa shape index (κ2) is 3.59. The Balaban J connectivity index is 2.81. The number of halogens is 1. The lowest BCUT2D eigenvalue weighted by molar-refractivity contribution is 0.415. The number of anilines is 1. The number of nitrogen functional groups attached to an aromatic ring is 1. The first-order valence-corrected chi connectivity index (χ1v) is 4.90. The smallest absolute Gasteiger partial charge is 0.139 e. The lowest BCUT2D eigenvalue weighted by atomic mass is 10.1. The molecule has 4 heteroatoms. The second-order valence-electron chi connectivity index (χ2n) is 3.36. The highest BCUT2D eigenvalue weighted by Gasteiger charge is 2.07. The first-order valence-electron chi connectivity index (χ1n) is 4.52. The van der Waals surface area contributed by atoms with Gasteiger partial charge in [0.05, 0.1) is 17.6 Å². The van der Waals surface area contributed by atoms with Crippen LogP contribution in [0.25, 0.3) is 10.9 Å². The minimum Gasteiger partial charge on any atom is -0.495 e. The molecule has 0 aliphatic carbocycles. The zero-order valence-electron chi connectivity index (χ0n) is 8.54. The number of methoxy groups -OCH3 is 1. The van der Waals surface area contributed by atoms with Gasteiger partial charge in [-0.15, -0.1) is 0 Å². The number of nitrogens with two attached hydrogens (primary N) is 1. The van der Waals surface area contributed by atoms with Crippen LogP contribution in [0.15, 0.2) is 18.2 Å². The van der Waals surface area contributed by atoms with E-state index in [0.29, 0.717) is 16.5 Å². The summed E-state index contributed by atoms with van der Waals surface area (Å²) in [6.45, 7) is 1.90. The standard InChI is InChI=1S/C11H11ClN2O/c1-6-3-9(13)7-4-8(12)11(15-2)5-10(7)14-6/h3-5H,1-2H3,(H2,13,14). The highest BCUT2D eigenvalue weighted by Crippen LogP contribution is 2.31. The molecule has 0 saturated heterocycles. The van der Waals surface area contributed by atoms with E-state index in [0.717, 1.165) is 16.6 Å². The lowest BCUT2D eigenvalue weighted by Crippen LogP contribution is -1.93. The maximum Gasteiger partial charge on any atom is 0.139 e. The van der Waals surface area contributed by atoms with E-state index in [1.54, 1.807) is 19.2 Å². The van der Waals surface area contributed by atoms with Crippen LogP contribution in [-0.4, -0.2) is 12.1 Å². The molecule has 1 aromatic carbocycles. The van der Waals surface area contributed by atoms with Crippen molar-refractivity contribution in [3.63, 3.8) is 0 Å². The quantitative estimate of drug-likeness (QED) is 0.807. The number of aryl methyl sites for hydroxylation is 1. The molecule has 0 aliphatic rings. The van der Waals surface area contributed by atoms with Gasteiger partial charge in [0, 0.05) is 22.8 Å². The fourth-order valence-electron chi connectivity index (χ4n) is 1.55. The van der Waals surface area contributed by atoms with Gasteiger partial charge in [-0.25, -0.2) is 0 Å². The molecule has 2 aromatic rings. The van der Waals surface area contributed by atoms with E-state index in [2.05, 4.69) is 4.98 Å². The van der Waals surface area contributed by atoms with Crippen molar-refractivity contribution in [2.24, 2.45) is 0 Å². The molecule has 0 amide bonds. The molecular formula is C11H11ClN2O. The van der Waals surface area contributed by atoms with Gasteiger partial charge >= 0.3 is 0 Å². The molecule has 0 saturated carbocycles. The highest BCUT2D eigenvalue weighted by molar-refractivity contribution is 6.33. The maximum absolute atomic E-state index is 6.01. The number of rotatable bonds is 1. The van der Waals surface area contributed by atoms with E-state index in [4.69, 9.17) is 22.1 Å². The molecule has 78 valence electrons. The summed E-state index contributed by atoms with van der Waals surface area (Å²) in [5.41, 5.74) is 8.24. The van der Waals surface area contributed by atoms with Gasteiger partial charge in [-0.05, 0) is 19.1 Å². The predicted octanol–water partition coefficient (Wildman–Crippen LogP) is 2.79. The molecule has 1 heterocycles. The third-order valence-electron chi connectivity index (χ3n) is 2.24. The summed E-state index contributed by atoms with van der Waals surface area (Å²) < 4.78 is 5.12. The molecule has 0 fully saturated rings. The van der Waals surface area contributed by atoms with E-state index >= 15 is 0 Å². The molecular weight excluding hydrogens is 212 g/mol. The van der Waals surface area contributed by atoms with Crippen molar-refractivity contribution in [2.45, 2.75) is 6.92 Å². The van der Waals surface area contributed by atoms with Crippen LogP contribution in [0.5, 0.6) is 5.75 Å². The Morgan fingerprint density at radius 2 is 2.07 bits per heavy atom. The van der Waals surface area contributed by atoms with Gasteiger partial charge in [0.1, 0.15) is 5.75 Å².